The molecule has 1 aliphatic heterocycles. The zero-order chi connectivity index (χ0) is 17.8. The smallest absolute Gasteiger partial charge is 0.321 e. The lowest BCUT2D eigenvalue weighted by atomic mass is 10.2. The predicted octanol–water partition coefficient (Wildman–Crippen LogP) is 4.48. The molecule has 25 heavy (non-hydrogen) atoms. The van der Waals surface area contributed by atoms with Gasteiger partial charge in [-0.3, -0.25) is 4.90 Å². The summed E-state index contributed by atoms with van der Waals surface area (Å²) in [6.45, 7) is 3.08. The van der Waals surface area contributed by atoms with Crippen molar-refractivity contribution in [3.63, 3.8) is 0 Å². The Kier molecular flexibility index (Phi) is 5.78. The third-order valence-corrected chi connectivity index (χ3v) is 4.73. The molecule has 0 saturated carbocycles. The van der Waals surface area contributed by atoms with Gasteiger partial charge < -0.3 is 10.2 Å². The first-order chi connectivity index (χ1) is 12.0. The Hall–Kier alpha value is -1.82. The summed E-state index contributed by atoms with van der Waals surface area (Å²) in [6.07, 6.45) is 0. The number of anilines is 1. The van der Waals surface area contributed by atoms with Gasteiger partial charge in [0.25, 0.3) is 0 Å². The number of carbonyl (C=O) groups is 1. The quantitative estimate of drug-likeness (QED) is 0.850. The molecule has 0 bridgehead atoms. The van der Waals surface area contributed by atoms with E-state index in [1.165, 1.54) is 6.07 Å². The molecular formula is C18H18Cl2FN3O. The van der Waals surface area contributed by atoms with E-state index >= 15 is 0 Å². The Morgan fingerprint density at radius 2 is 1.80 bits per heavy atom. The molecule has 0 unspecified atom stereocenters. The Morgan fingerprint density at radius 1 is 1.08 bits per heavy atom. The molecule has 1 fully saturated rings. The molecule has 1 saturated heterocycles. The summed E-state index contributed by atoms with van der Waals surface area (Å²) < 4.78 is 13.7. The van der Waals surface area contributed by atoms with E-state index in [2.05, 4.69) is 10.2 Å². The van der Waals surface area contributed by atoms with Crippen LogP contribution in [0.25, 0.3) is 0 Å². The van der Waals surface area contributed by atoms with E-state index < -0.39 is 0 Å². The minimum Gasteiger partial charge on any atom is -0.322 e. The molecule has 7 heteroatoms. The molecule has 3 rings (SSSR count). The normalized spacial score (nSPS) is 15.2. The summed E-state index contributed by atoms with van der Waals surface area (Å²) in [6, 6.07) is 11.5. The van der Waals surface area contributed by atoms with E-state index in [4.69, 9.17) is 23.2 Å². The first-order valence-electron chi connectivity index (χ1n) is 7.99. The summed E-state index contributed by atoms with van der Waals surface area (Å²) >= 11 is 11.9. The van der Waals surface area contributed by atoms with Gasteiger partial charge in [0.05, 0.1) is 10.7 Å². The molecule has 1 heterocycles. The fraction of sp³-hybridized carbons (Fsp3) is 0.278. The Morgan fingerprint density at radius 3 is 2.48 bits per heavy atom. The van der Waals surface area contributed by atoms with Crippen LogP contribution in [0.3, 0.4) is 0 Å². The number of piperazine rings is 1. The van der Waals surface area contributed by atoms with Crippen molar-refractivity contribution in [2.45, 2.75) is 6.54 Å². The van der Waals surface area contributed by atoms with Crippen molar-refractivity contribution < 1.29 is 9.18 Å². The average molecular weight is 382 g/mol. The molecule has 4 nitrogen and oxygen atoms in total. The van der Waals surface area contributed by atoms with Crippen LogP contribution >= 0.6 is 23.2 Å². The highest BCUT2D eigenvalue weighted by Gasteiger charge is 2.22. The number of carbonyl (C=O) groups excluding carboxylic acids is 1. The summed E-state index contributed by atoms with van der Waals surface area (Å²) in [7, 11) is 0. The van der Waals surface area contributed by atoms with E-state index in [0.29, 0.717) is 54.0 Å². The predicted molar refractivity (Wildman–Crippen MR) is 98.7 cm³/mol. The van der Waals surface area contributed by atoms with Gasteiger partial charge in [-0.2, -0.15) is 0 Å². The standard InChI is InChI=1S/C18H18Cl2FN3O/c19-14-5-6-17(15(20)11-14)22-18(25)24-9-7-23(8-10-24)12-13-3-1-2-4-16(13)21/h1-6,11H,7-10,12H2,(H,22,25). The van der Waals surface area contributed by atoms with Crippen LogP contribution in [-0.2, 0) is 6.54 Å². The van der Waals surface area contributed by atoms with Crippen LogP contribution in [0.5, 0.6) is 0 Å². The minimum absolute atomic E-state index is 0.194. The maximum absolute atomic E-state index is 13.7. The highest BCUT2D eigenvalue weighted by molar-refractivity contribution is 6.36. The van der Waals surface area contributed by atoms with E-state index in [0.717, 1.165) is 0 Å². The fourth-order valence-corrected chi connectivity index (χ4v) is 3.22. The van der Waals surface area contributed by atoms with Gasteiger partial charge in [-0.25, -0.2) is 9.18 Å². The number of rotatable bonds is 3. The van der Waals surface area contributed by atoms with Gasteiger partial charge in [-0.05, 0) is 24.3 Å². The van der Waals surface area contributed by atoms with Gasteiger partial charge >= 0.3 is 6.03 Å². The van der Waals surface area contributed by atoms with E-state index in [9.17, 15) is 9.18 Å². The van der Waals surface area contributed by atoms with Gasteiger partial charge in [0.1, 0.15) is 5.82 Å². The van der Waals surface area contributed by atoms with Crippen molar-refractivity contribution in [3.05, 3.63) is 63.9 Å². The monoisotopic (exact) mass is 381 g/mol. The number of hydrogen-bond donors (Lipinski definition) is 1. The number of nitrogens with one attached hydrogen (secondary N) is 1. The van der Waals surface area contributed by atoms with Crippen LogP contribution in [0.1, 0.15) is 5.56 Å². The number of amides is 2. The lowest BCUT2D eigenvalue weighted by Crippen LogP contribution is -2.49. The van der Waals surface area contributed by atoms with Gasteiger partial charge in [0, 0.05) is 43.3 Å². The van der Waals surface area contributed by atoms with Crippen LogP contribution < -0.4 is 5.32 Å². The molecule has 2 amide bonds. The molecule has 0 spiro atoms. The molecular weight excluding hydrogens is 364 g/mol. The molecule has 1 N–H and O–H groups in total. The first kappa shape index (κ1) is 18.0. The van der Waals surface area contributed by atoms with Crippen molar-refractivity contribution in [2.75, 3.05) is 31.5 Å². The Balaban J connectivity index is 1.53. The zero-order valence-corrected chi connectivity index (χ0v) is 15.0. The topological polar surface area (TPSA) is 35.6 Å². The SMILES string of the molecule is O=C(Nc1ccc(Cl)cc1Cl)N1CCN(Cc2ccccc2F)CC1. The third kappa shape index (κ3) is 4.63. The second-order valence-electron chi connectivity index (χ2n) is 5.91. The second kappa shape index (κ2) is 8.04. The molecule has 132 valence electrons. The van der Waals surface area contributed by atoms with Crippen LogP contribution in [0, 0.1) is 5.82 Å². The Bertz CT molecular complexity index is 764. The maximum Gasteiger partial charge on any atom is 0.321 e. The maximum atomic E-state index is 13.7. The van der Waals surface area contributed by atoms with E-state index in [1.807, 2.05) is 6.07 Å². The van der Waals surface area contributed by atoms with Gasteiger partial charge in [-0.1, -0.05) is 41.4 Å². The summed E-state index contributed by atoms with van der Waals surface area (Å²) in [5, 5.41) is 3.72. The molecule has 2 aromatic rings. The zero-order valence-electron chi connectivity index (χ0n) is 13.5. The van der Waals surface area contributed by atoms with Crippen molar-refractivity contribution in [3.8, 4) is 0 Å². The Labute approximate surface area is 156 Å². The summed E-state index contributed by atoms with van der Waals surface area (Å²) in [5.74, 6) is -0.194. The van der Waals surface area contributed by atoms with Gasteiger partial charge in [0.2, 0.25) is 0 Å². The summed E-state index contributed by atoms with van der Waals surface area (Å²) in [5.41, 5.74) is 1.21. The van der Waals surface area contributed by atoms with Crippen LogP contribution in [0.4, 0.5) is 14.9 Å². The number of nitrogens with zero attached hydrogens (tertiary/aromatic N) is 2. The highest BCUT2D eigenvalue weighted by Crippen LogP contribution is 2.25. The first-order valence-corrected chi connectivity index (χ1v) is 8.75. The van der Waals surface area contributed by atoms with Crippen LogP contribution in [0.2, 0.25) is 10.0 Å². The number of urea groups is 1. The van der Waals surface area contributed by atoms with Gasteiger partial charge in [0.15, 0.2) is 0 Å². The van der Waals surface area contributed by atoms with Crippen molar-refractivity contribution in [2.24, 2.45) is 0 Å². The lowest BCUT2D eigenvalue weighted by Gasteiger charge is -2.34. The minimum atomic E-state index is -0.199. The number of hydrogen-bond acceptors (Lipinski definition) is 2. The molecule has 1 aliphatic rings. The van der Waals surface area contributed by atoms with E-state index in [1.54, 1.807) is 35.2 Å². The van der Waals surface area contributed by atoms with Crippen molar-refractivity contribution >= 4 is 34.9 Å². The highest BCUT2D eigenvalue weighted by atomic mass is 35.5. The molecule has 0 radical (unpaired) electrons. The molecule has 0 aliphatic carbocycles. The molecule has 2 aromatic carbocycles. The number of benzene rings is 2. The second-order valence-corrected chi connectivity index (χ2v) is 6.75. The van der Waals surface area contributed by atoms with E-state index in [-0.39, 0.29) is 11.8 Å². The largest absolute Gasteiger partial charge is 0.322 e. The number of halogens is 3. The molecule has 0 atom stereocenters. The van der Waals surface area contributed by atoms with Gasteiger partial charge in [-0.15, -0.1) is 0 Å². The average Bonchev–Trinajstić information content (AvgIpc) is 2.60. The summed E-state index contributed by atoms with van der Waals surface area (Å²) in [4.78, 5) is 16.2. The van der Waals surface area contributed by atoms with Crippen LogP contribution in [0.15, 0.2) is 42.5 Å². The molecule has 0 aromatic heterocycles. The van der Waals surface area contributed by atoms with Crippen molar-refractivity contribution in [1.82, 2.24) is 9.80 Å². The third-order valence-electron chi connectivity index (χ3n) is 4.18. The van der Waals surface area contributed by atoms with Crippen LogP contribution in [-0.4, -0.2) is 42.0 Å². The van der Waals surface area contributed by atoms with Crippen molar-refractivity contribution in [1.29, 1.82) is 0 Å². The fourth-order valence-electron chi connectivity index (χ4n) is 2.76. The lowest BCUT2D eigenvalue weighted by molar-refractivity contribution is 0.142.